The van der Waals surface area contributed by atoms with Crippen molar-refractivity contribution in [3.8, 4) is 5.75 Å². The molecular weight excluding hydrogens is 319 g/mol. The minimum absolute atomic E-state index is 0.383. The number of carbonyl (C=O) groups is 1. The van der Waals surface area contributed by atoms with Gasteiger partial charge < -0.3 is 9.53 Å². The molecule has 0 aliphatic heterocycles. The van der Waals surface area contributed by atoms with Gasteiger partial charge in [-0.15, -0.1) is 11.6 Å². The molecule has 0 saturated heterocycles. The molecule has 1 unspecified atom stereocenters. The maximum Gasteiger partial charge on any atom is 0.142 e. The summed E-state index contributed by atoms with van der Waals surface area (Å²) in [6, 6.07) is 12.4. The molecule has 2 aromatic carbocycles. The summed E-state index contributed by atoms with van der Waals surface area (Å²) in [6.07, 6.45) is 0.688. The van der Waals surface area contributed by atoms with Crippen LogP contribution in [0.1, 0.15) is 16.5 Å². The zero-order chi connectivity index (χ0) is 14.5. The highest BCUT2D eigenvalue weighted by atomic mass is 35.5. The van der Waals surface area contributed by atoms with Crippen LogP contribution < -0.4 is 4.74 Å². The van der Waals surface area contributed by atoms with Gasteiger partial charge in [0.05, 0.1) is 10.0 Å². The first-order chi connectivity index (χ1) is 9.60. The Morgan fingerprint density at radius 1 is 1.05 bits per heavy atom. The van der Waals surface area contributed by atoms with Crippen molar-refractivity contribution >= 4 is 41.1 Å². The number of hydrogen-bond acceptors (Lipinski definition) is 2. The van der Waals surface area contributed by atoms with Gasteiger partial charge in [-0.2, -0.15) is 0 Å². The number of rotatable bonds is 5. The van der Waals surface area contributed by atoms with Gasteiger partial charge in [0.1, 0.15) is 24.0 Å². The molecule has 104 valence electrons. The number of hydrogen-bond donors (Lipinski definition) is 0. The van der Waals surface area contributed by atoms with E-state index in [1.807, 2.05) is 6.07 Å². The van der Waals surface area contributed by atoms with Crippen molar-refractivity contribution in [1.29, 1.82) is 0 Å². The quantitative estimate of drug-likeness (QED) is 0.566. The standard InChI is InChI=1S/C15H11Cl3O2/c16-13-6-1-10(7-14(13)17)9-20-12-4-2-11(3-5-12)15(18)8-19/h1-8,15H,9H2. The van der Waals surface area contributed by atoms with Crippen LogP contribution in [-0.2, 0) is 11.4 Å². The molecule has 0 saturated carbocycles. The predicted molar refractivity (Wildman–Crippen MR) is 81.9 cm³/mol. The van der Waals surface area contributed by atoms with Crippen LogP contribution in [0.4, 0.5) is 0 Å². The molecule has 0 N–H and O–H groups in total. The van der Waals surface area contributed by atoms with E-state index in [9.17, 15) is 4.79 Å². The summed E-state index contributed by atoms with van der Waals surface area (Å²) in [7, 11) is 0. The van der Waals surface area contributed by atoms with Gasteiger partial charge in [-0.3, -0.25) is 0 Å². The Morgan fingerprint density at radius 2 is 1.75 bits per heavy atom. The molecule has 0 heterocycles. The van der Waals surface area contributed by atoms with Crippen LogP contribution in [0.5, 0.6) is 5.75 Å². The van der Waals surface area contributed by atoms with E-state index in [2.05, 4.69) is 0 Å². The highest BCUT2D eigenvalue weighted by Crippen LogP contribution is 2.24. The van der Waals surface area contributed by atoms with E-state index in [4.69, 9.17) is 39.5 Å². The van der Waals surface area contributed by atoms with Crippen LogP contribution >= 0.6 is 34.8 Å². The topological polar surface area (TPSA) is 26.3 Å². The van der Waals surface area contributed by atoms with E-state index in [1.54, 1.807) is 36.4 Å². The van der Waals surface area contributed by atoms with Gasteiger partial charge in [-0.05, 0) is 35.4 Å². The highest BCUT2D eigenvalue weighted by Gasteiger charge is 2.06. The average molecular weight is 330 g/mol. The Morgan fingerprint density at radius 3 is 2.35 bits per heavy atom. The molecule has 2 nitrogen and oxygen atoms in total. The monoisotopic (exact) mass is 328 g/mol. The van der Waals surface area contributed by atoms with Crippen molar-refractivity contribution in [2.45, 2.75) is 12.0 Å². The Labute approximate surface area is 132 Å². The van der Waals surface area contributed by atoms with Crippen LogP contribution in [0.3, 0.4) is 0 Å². The van der Waals surface area contributed by atoms with Crippen molar-refractivity contribution in [2.24, 2.45) is 0 Å². The van der Waals surface area contributed by atoms with Crippen LogP contribution in [0.2, 0.25) is 10.0 Å². The molecule has 0 bridgehead atoms. The molecule has 0 radical (unpaired) electrons. The summed E-state index contributed by atoms with van der Waals surface area (Å²) in [6.45, 7) is 0.383. The van der Waals surface area contributed by atoms with Crippen molar-refractivity contribution in [1.82, 2.24) is 0 Å². The summed E-state index contributed by atoms with van der Waals surface area (Å²) in [4.78, 5) is 10.6. The summed E-state index contributed by atoms with van der Waals surface area (Å²) in [5, 5.41) is 0.389. The fourth-order valence-corrected chi connectivity index (χ4v) is 2.09. The van der Waals surface area contributed by atoms with Gasteiger partial charge in [0.25, 0.3) is 0 Å². The zero-order valence-electron chi connectivity index (χ0n) is 10.4. The fourth-order valence-electron chi connectivity index (χ4n) is 1.62. The lowest BCUT2D eigenvalue weighted by Gasteiger charge is -2.08. The second kappa shape index (κ2) is 6.98. The number of halogens is 3. The molecule has 0 spiro atoms. The summed E-state index contributed by atoms with van der Waals surface area (Å²) >= 11 is 17.6. The number of carbonyl (C=O) groups excluding carboxylic acids is 1. The third-order valence-electron chi connectivity index (χ3n) is 2.71. The fraction of sp³-hybridized carbons (Fsp3) is 0.133. The maximum absolute atomic E-state index is 10.6. The zero-order valence-corrected chi connectivity index (χ0v) is 12.6. The Balaban J connectivity index is 2.00. The second-order valence-corrected chi connectivity index (χ2v) is 5.43. The van der Waals surface area contributed by atoms with Crippen molar-refractivity contribution in [2.75, 3.05) is 0 Å². The first-order valence-corrected chi connectivity index (χ1v) is 7.05. The van der Waals surface area contributed by atoms with Crippen LogP contribution in [0, 0.1) is 0 Å². The van der Waals surface area contributed by atoms with Crippen molar-refractivity contribution in [3.63, 3.8) is 0 Å². The number of benzene rings is 2. The lowest BCUT2D eigenvalue weighted by Crippen LogP contribution is -1.96. The minimum atomic E-state index is -0.626. The molecule has 0 aromatic heterocycles. The Bertz CT molecular complexity index is 597. The third kappa shape index (κ3) is 3.89. The van der Waals surface area contributed by atoms with Crippen LogP contribution in [0.25, 0.3) is 0 Å². The number of aldehydes is 1. The van der Waals surface area contributed by atoms with Crippen LogP contribution in [-0.4, -0.2) is 6.29 Å². The first kappa shape index (κ1) is 15.2. The number of ether oxygens (including phenoxy) is 1. The van der Waals surface area contributed by atoms with Gasteiger partial charge >= 0.3 is 0 Å². The first-order valence-electron chi connectivity index (χ1n) is 5.86. The second-order valence-electron chi connectivity index (χ2n) is 4.14. The minimum Gasteiger partial charge on any atom is -0.489 e. The normalized spacial score (nSPS) is 11.9. The average Bonchev–Trinajstić information content (AvgIpc) is 2.48. The SMILES string of the molecule is O=CC(Cl)c1ccc(OCc2ccc(Cl)c(Cl)c2)cc1. The Kier molecular flexibility index (Phi) is 5.30. The van der Waals surface area contributed by atoms with E-state index >= 15 is 0 Å². The highest BCUT2D eigenvalue weighted by molar-refractivity contribution is 6.42. The van der Waals surface area contributed by atoms with Gasteiger partial charge in [-0.1, -0.05) is 41.4 Å². The molecule has 0 aliphatic carbocycles. The molecule has 0 fully saturated rings. The molecule has 20 heavy (non-hydrogen) atoms. The molecule has 2 rings (SSSR count). The van der Waals surface area contributed by atoms with Crippen LogP contribution in [0.15, 0.2) is 42.5 Å². The van der Waals surface area contributed by atoms with E-state index in [1.165, 1.54) is 0 Å². The lowest BCUT2D eigenvalue weighted by molar-refractivity contribution is -0.107. The summed E-state index contributed by atoms with van der Waals surface area (Å²) in [5.74, 6) is 0.689. The third-order valence-corrected chi connectivity index (χ3v) is 3.80. The van der Waals surface area contributed by atoms with Crippen molar-refractivity contribution < 1.29 is 9.53 Å². The Hall–Kier alpha value is -1.22. The molecule has 0 aliphatic rings. The number of alkyl halides is 1. The summed E-state index contributed by atoms with van der Waals surface area (Å²) < 4.78 is 5.62. The predicted octanol–water partition coefficient (Wildman–Crippen LogP) is 5.05. The molecule has 5 heteroatoms. The molecule has 1 atom stereocenters. The molecule has 2 aromatic rings. The van der Waals surface area contributed by atoms with E-state index in [0.29, 0.717) is 28.7 Å². The van der Waals surface area contributed by atoms with Gasteiger partial charge in [0.2, 0.25) is 0 Å². The largest absolute Gasteiger partial charge is 0.489 e. The molecular formula is C15H11Cl3O2. The summed E-state index contributed by atoms with van der Waals surface area (Å²) in [5.41, 5.74) is 1.66. The van der Waals surface area contributed by atoms with Gasteiger partial charge in [0.15, 0.2) is 0 Å². The van der Waals surface area contributed by atoms with Crippen molar-refractivity contribution in [3.05, 3.63) is 63.6 Å². The lowest BCUT2D eigenvalue weighted by atomic mass is 10.1. The maximum atomic E-state index is 10.6. The smallest absolute Gasteiger partial charge is 0.142 e. The van der Waals surface area contributed by atoms with Gasteiger partial charge in [0, 0.05) is 0 Å². The van der Waals surface area contributed by atoms with E-state index in [0.717, 1.165) is 11.1 Å². The molecule has 0 amide bonds. The van der Waals surface area contributed by atoms with E-state index < -0.39 is 5.38 Å². The van der Waals surface area contributed by atoms with Gasteiger partial charge in [-0.25, -0.2) is 0 Å². The van der Waals surface area contributed by atoms with E-state index in [-0.39, 0.29) is 0 Å².